The standard InChI is InChI=1S/C12H23F3N2O/c1-11(2,7-8-16)6-4-10(18)17-9-3-5-12(13,14)15/h3-9,16H2,1-2H3,(H,17,18). The first-order chi connectivity index (χ1) is 8.16. The zero-order valence-corrected chi connectivity index (χ0v) is 11.1. The molecule has 0 rings (SSSR count). The number of carbonyl (C=O) groups is 1. The fraction of sp³-hybridized carbons (Fsp3) is 0.917. The molecule has 0 saturated carbocycles. The summed E-state index contributed by atoms with van der Waals surface area (Å²) in [6.45, 7) is 4.70. The van der Waals surface area contributed by atoms with Gasteiger partial charge in [-0.25, -0.2) is 0 Å². The van der Waals surface area contributed by atoms with Gasteiger partial charge in [-0.2, -0.15) is 13.2 Å². The summed E-state index contributed by atoms with van der Waals surface area (Å²) in [5, 5.41) is 2.50. The Labute approximate surface area is 106 Å². The molecule has 0 aromatic rings. The van der Waals surface area contributed by atoms with Crippen LogP contribution in [0.1, 0.15) is 46.0 Å². The Balaban J connectivity index is 3.66. The second-order valence-electron chi connectivity index (χ2n) is 5.27. The molecule has 3 nitrogen and oxygen atoms in total. The number of halogens is 3. The van der Waals surface area contributed by atoms with Crippen molar-refractivity contribution in [1.29, 1.82) is 0 Å². The van der Waals surface area contributed by atoms with E-state index < -0.39 is 12.6 Å². The van der Waals surface area contributed by atoms with Crippen LogP contribution >= 0.6 is 0 Å². The van der Waals surface area contributed by atoms with Crippen LogP contribution in [-0.2, 0) is 4.79 Å². The maximum atomic E-state index is 11.8. The van der Waals surface area contributed by atoms with E-state index >= 15 is 0 Å². The summed E-state index contributed by atoms with van der Waals surface area (Å²) in [6.07, 6.45) is -3.22. The number of amides is 1. The molecule has 0 aliphatic heterocycles. The molecule has 0 spiro atoms. The van der Waals surface area contributed by atoms with E-state index in [9.17, 15) is 18.0 Å². The van der Waals surface area contributed by atoms with Gasteiger partial charge >= 0.3 is 6.18 Å². The van der Waals surface area contributed by atoms with E-state index in [2.05, 4.69) is 5.32 Å². The van der Waals surface area contributed by atoms with Crippen LogP contribution in [0.25, 0.3) is 0 Å². The van der Waals surface area contributed by atoms with E-state index in [-0.39, 0.29) is 24.3 Å². The van der Waals surface area contributed by atoms with Crippen LogP contribution in [0.3, 0.4) is 0 Å². The minimum absolute atomic E-state index is 0.00192. The second-order valence-corrected chi connectivity index (χ2v) is 5.27. The fourth-order valence-electron chi connectivity index (χ4n) is 1.57. The highest BCUT2D eigenvalue weighted by molar-refractivity contribution is 5.75. The van der Waals surface area contributed by atoms with Gasteiger partial charge in [0.15, 0.2) is 0 Å². The van der Waals surface area contributed by atoms with Gasteiger partial charge in [-0.1, -0.05) is 13.8 Å². The van der Waals surface area contributed by atoms with Gasteiger partial charge in [0.05, 0.1) is 0 Å². The van der Waals surface area contributed by atoms with Crippen molar-refractivity contribution in [3.8, 4) is 0 Å². The molecule has 0 fully saturated rings. The Morgan fingerprint density at radius 2 is 1.78 bits per heavy atom. The van der Waals surface area contributed by atoms with Gasteiger partial charge in [0, 0.05) is 19.4 Å². The van der Waals surface area contributed by atoms with Crippen molar-refractivity contribution in [2.75, 3.05) is 13.1 Å². The number of alkyl halides is 3. The molecular weight excluding hydrogens is 245 g/mol. The van der Waals surface area contributed by atoms with Gasteiger partial charge < -0.3 is 11.1 Å². The Hall–Kier alpha value is -0.780. The molecule has 0 heterocycles. The Bertz CT molecular complexity index is 252. The quantitative estimate of drug-likeness (QED) is 0.665. The Morgan fingerprint density at radius 3 is 2.28 bits per heavy atom. The SMILES string of the molecule is CC(C)(CCN)CCC(=O)NCCCC(F)(F)F. The number of hydrogen-bond donors (Lipinski definition) is 2. The molecule has 0 atom stereocenters. The highest BCUT2D eigenvalue weighted by atomic mass is 19.4. The summed E-state index contributed by atoms with van der Waals surface area (Å²) in [5.41, 5.74) is 5.45. The van der Waals surface area contributed by atoms with E-state index in [0.29, 0.717) is 19.4 Å². The highest BCUT2D eigenvalue weighted by Gasteiger charge is 2.26. The van der Waals surface area contributed by atoms with Crippen molar-refractivity contribution >= 4 is 5.91 Å². The monoisotopic (exact) mass is 268 g/mol. The van der Waals surface area contributed by atoms with Crippen LogP contribution in [0.15, 0.2) is 0 Å². The number of rotatable bonds is 8. The number of carbonyl (C=O) groups excluding carboxylic acids is 1. The number of nitrogens with one attached hydrogen (secondary N) is 1. The summed E-state index contributed by atoms with van der Waals surface area (Å²) in [5.74, 6) is -0.192. The van der Waals surface area contributed by atoms with Crippen molar-refractivity contribution in [3.05, 3.63) is 0 Å². The average Bonchev–Trinajstić information content (AvgIpc) is 2.20. The van der Waals surface area contributed by atoms with Gasteiger partial charge in [0.2, 0.25) is 5.91 Å². The van der Waals surface area contributed by atoms with Crippen molar-refractivity contribution in [2.24, 2.45) is 11.1 Å². The van der Waals surface area contributed by atoms with E-state index in [4.69, 9.17) is 5.73 Å². The number of hydrogen-bond acceptors (Lipinski definition) is 2. The number of nitrogens with two attached hydrogens (primary N) is 1. The first-order valence-electron chi connectivity index (χ1n) is 6.20. The third kappa shape index (κ3) is 10.4. The normalized spacial score (nSPS) is 12.6. The largest absolute Gasteiger partial charge is 0.389 e. The fourth-order valence-corrected chi connectivity index (χ4v) is 1.57. The maximum absolute atomic E-state index is 11.8. The van der Waals surface area contributed by atoms with Crippen LogP contribution in [0.2, 0.25) is 0 Å². The summed E-state index contributed by atoms with van der Waals surface area (Å²) in [7, 11) is 0. The molecule has 0 radical (unpaired) electrons. The maximum Gasteiger partial charge on any atom is 0.389 e. The van der Waals surface area contributed by atoms with Crippen LogP contribution in [0.4, 0.5) is 13.2 Å². The van der Waals surface area contributed by atoms with Crippen molar-refractivity contribution in [3.63, 3.8) is 0 Å². The van der Waals surface area contributed by atoms with E-state index in [1.807, 2.05) is 13.8 Å². The molecule has 0 aromatic carbocycles. The zero-order chi connectivity index (χ0) is 14.2. The van der Waals surface area contributed by atoms with E-state index in [1.165, 1.54) is 0 Å². The van der Waals surface area contributed by atoms with Gasteiger partial charge in [-0.15, -0.1) is 0 Å². The third-order valence-corrected chi connectivity index (χ3v) is 2.81. The van der Waals surface area contributed by atoms with Crippen molar-refractivity contribution < 1.29 is 18.0 Å². The molecule has 1 amide bonds. The van der Waals surface area contributed by atoms with Crippen LogP contribution in [-0.4, -0.2) is 25.2 Å². The van der Waals surface area contributed by atoms with Crippen LogP contribution in [0.5, 0.6) is 0 Å². The predicted molar refractivity (Wildman–Crippen MR) is 65.0 cm³/mol. The molecule has 0 saturated heterocycles. The molecule has 0 unspecified atom stereocenters. The minimum Gasteiger partial charge on any atom is -0.356 e. The Morgan fingerprint density at radius 1 is 1.17 bits per heavy atom. The van der Waals surface area contributed by atoms with E-state index in [1.54, 1.807) is 0 Å². The van der Waals surface area contributed by atoms with Gasteiger partial charge in [0.25, 0.3) is 0 Å². The lowest BCUT2D eigenvalue weighted by Gasteiger charge is -2.23. The first-order valence-corrected chi connectivity index (χ1v) is 6.20. The average molecular weight is 268 g/mol. The molecule has 108 valence electrons. The van der Waals surface area contributed by atoms with Gasteiger partial charge in [-0.3, -0.25) is 4.79 Å². The first kappa shape index (κ1) is 17.2. The molecule has 6 heteroatoms. The third-order valence-electron chi connectivity index (χ3n) is 2.81. The molecule has 0 aliphatic carbocycles. The summed E-state index contributed by atoms with van der Waals surface area (Å²) < 4.78 is 35.5. The minimum atomic E-state index is -4.14. The molecular formula is C12H23F3N2O. The topological polar surface area (TPSA) is 55.1 Å². The van der Waals surface area contributed by atoms with Crippen molar-refractivity contribution in [2.45, 2.75) is 52.1 Å². The van der Waals surface area contributed by atoms with Crippen LogP contribution in [0, 0.1) is 5.41 Å². The Kier molecular flexibility index (Phi) is 7.28. The summed E-state index contributed by atoms with van der Waals surface area (Å²) in [4.78, 5) is 11.4. The smallest absolute Gasteiger partial charge is 0.356 e. The van der Waals surface area contributed by atoms with E-state index in [0.717, 1.165) is 6.42 Å². The lowest BCUT2D eigenvalue weighted by molar-refractivity contribution is -0.136. The molecule has 0 bridgehead atoms. The summed E-state index contributed by atoms with van der Waals surface area (Å²) >= 11 is 0. The predicted octanol–water partition coefficient (Wildman–Crippen LogP) is 2.60. The highest BCUT2D eigenvalue weighted by Crippen LogP contribution is 2.25. The lowest BCUT2D eigenvalue weighted by atomic mass is 9.84. The van der Waals surface area contributed by atoms with Gasteiger partial charge in [-0.05, 0) is 31.2 Å². The second kappa shape index (κ2) is 7.61. The molecule has 0 aliphatic rings. The summed E-state index contributed by atoms with van der Waals surface area (Å²) in [6, 6.07) is 0. The zero-order valence-electron chi connectivity index (χ0n) is 11.1. The molecule has 3 N–H and O–H groups in total. The lowest BCUT2D eigenvalue weighted by Crippen LogP contribution is -2.27. The molecule has 0 aromatic heterocycles. The van der Waals surface area contributed by atoms with Crippen molar-refractivity contribution in [1.82, 2.24) is 5.32 Å². The van der Waals surface area contributed by atoms with Gasteiger partial charge in [0.1, 0.15) is 0 Å². The molecule has 18 heavy (non-hydrogen) atoms. The van der Waals surface area contributed by atoms with Crippen LogP contribution < -0.4 is 11.1 Å².